The number of carbonyl (C=O) groups is 2. The van der Waals surface area contributed by atoms with Crippen molar-refractivity contribution in [3.63, 3.8) is 0 Å². The number of benzene rings is 1. The molecular formula is C17H23N3O2. The summed E-state index contributed by atoms with van der Waals surface area (Å²) >= 11 is 0. The standard InChI is InChI=1S/C17H23N3O2/c1-10(21)20-14-6-2-11(3-7-14)9-19-17(22)15-12-4-5-13(8-12)16(15)18/h2-3,6-7,12-13,15-16H,4-5,8-9,18H2,1H3,(H,19,22)(H,20,21). The van der Waals surface area contributed by atoms with Gasteiger partial charge < -0.3 is 16.4 Å². The molecule has 4 unspecified atom stereocenters. The first-order valence-electron chi connectivity index (χ1n) is 7.94. The number of rotatable bonds is 4. The van der Waals surface area contributed by atoms with Crippen LogP contribution in [-0.2, 0) is 16.1 Å². The fourth-order valence-corrected chi connectivity index (χ4v) is 3.94. The molecule has 1 aromatic rings. The van der Waals surface area contributed by atoms with E-state index < -0.39 is 0 Å². The second-order valence-corrected chi connectivity index (χ2v) is 6.53. The quantitative estimate of drug-likeness (QED) is 0.790. The van der Waals surface area contributed by atoms with Crippen molar-refractivity contribution >= 4 is 17.5 Å². The lowest BCUT2D eigenvalue weighted by molar-refractivity contribution is -0.127. The first kappa shape index (κ1) is 15.0. The number of nitrogens with one attached hydrogen (secondary N) is 2. The Labute approximate surface area is 130 Å². The Morgan fingerprint density at radius 3 is 2.45 bits per heavy atom. The van der Waals surface area contributed by atoms with Crippen LogP contribution in [0.4, 0.5) is 5.69 Å². The van der Waals surface area contributed by atoms with Gasteiger partial charge in [-0.1, -0.05) is 12.1 Å². The van der Waals surface area contributed by atoms with Crippen molar-refractivity contribution < 1.29 is 9.59 Å². The van der Waals surface area contributed by atoms with Gasteiger partial charge in [-0.2, -0.15) is 0 Å². The lowest BCUT2D eigenvalue weighted by Gasteiger charge is -2.27. The molecule has 4 atom stereocenters. The summed E-state index contributed by atoms with van der Waals surface area (Å²) in [7, 11) is 0. The minimum absolute atomic E-state index is 0.0163. The summed E-state index contributed by atoms with van der Waals surface area (Å²) < 4.78 is 0. The van der Waals surface area contributed by atoms with E-state index in [1.807, 2.05) is 24.3 Å². The van der Waals surface area contributed by atoms with Gasteiger partial charge in [0.15, 0.2) is 0 Å². The Morgan fingerprint density at radius 1 is 1.18 bits per heavy atom. The minimum Gasteiger partial charge on any atom is -0.352 e. The molecule has 2 saturated carbocycles. The van der Waals surface area contributed by atoms with Crippen molar-refractivity contribution in [2.45, 2.75) is 38.8 Å². The second-order valence-electron chi connectivity index (χ2n) is 6.53. The molecule has 2 aliphatic carbocycles. The first-order chi connectivity index (χ1) is 10.5. The molecule has 3 rings (SSSR count). The van der Waals surface area contributed by atoms with Crippen molar-refractivity contribution in [3.05, 3.63) is 29.8 Å². The summed E-state index contributed by atoms with van der Waals surface area (Å²) in [5.74, 6) is 0.995. The molecular weight excluding hydrogens is 278 g/mol. The van der Waals surface area contributed by atoms with E-state index in [-0.39, 0.29) is 23.8 Å². The van der Waals surface area contributed by atoms with E-state index in [0.29, 0.717) is 18.4 Å². The fourth-order valence-electron chi connectivity index (χ4n) is 3.94. The summed E-state index contributed by atoms with van der Waals surface area (Å²) in [5, 5.41) is 5.73. The topological polar surface area (TPSA) is 84.2 Å². The normalized spacial score (nSPS) is 29.4. The zero-order valence-corrected chi connectivity index (χ0v) is 12.8. The van der Waals surface area contributed by atoms with Crippen molar-refractivity contribution in [1.82, 2.24) is 5.32 Å². The molecule has 2 bridgehead atoms. The van der Waals surface area contributed by atoms with Gasteiger partial charge in [-0.25, -0.2) is 0 Å². The summed E-state index contributed by atoms with van der Waals surface area (Å²) in [6.45, 7) is 1.98. The number of carbonyl (C=O) groups excluding carboxylic acids is 2. The zero-order chi connectivity index (χ0) is 15.7. The molecule has 2 amide bonds. The first-order valence-corrected chi connectivity index (χ1v) is 7.94. The van der Waals surface area contributed by atoms with Crippen molar-refractivity contribution in [2.24, 2.45) is 23.5 Å². The number of nitrogens with two attached hydrogens (primary N) is 1. The Hall–Kier alpha value is -1.88. The summed E-state index contributed by atoms with van der Waals surface area (Å²) in [5.41, 5.74) is 7.97. The molecule has 0 spiro atoms. The van der Waals surface area contributed by atoms with Crippen LogP contribution >= 0.6 is 0 Å². The van der Waals surface area contributed by atoms with Crippen LogP contribution in [0.2, 0.25) is 0 Å². The lowest BCUT2D eigenvalue weighted by atomic mass is 9.84. The van der Waals surface area contributed by atoms with Gasteiger partial charge in [0.2, 0.25) is 11.8 Å². The minimum atomic E-state index is -0.0914. The maximum absolute atomic E-state index is 12.4. The molecule has 0 radical (unpaired) electrons. The molecule has 0 saturated heterocycles. The molecule has 1 aromatic carbocycles. The fraction of sp³-hybridized carbons (Fsp3) is 0.529. The highest BCUT2D eigenvalue weighted by molar-refractivity contribution is 5.88. The van der Waals surface area contributed by atoms with Gasteiger partial charge in [0, 0.05) is 25.2 Å². The maximum Gasteiger partial charge on any atom is 0.225 e. The van der Waals surface area contributed by atoms with Gasteiger partial charge in [0.05, 0.1) is 5.92 Å². The van der Waals surface area contributed by atoms with Gasteiger partial charge >= 0.3 is 0 Å². The average molecular weight is 301 g/mol. The van der Waals surface area contributed by atoms with Gasteiger partial charge in [-0.3, -0.25) is 9.59 Å². The van der Waals surface area contributed by atoms with Gasteiger partial charge in [0.1, 0.15) is 0 Å². The molecule has 5 nitrogen and oxygen atoms in total. The number of fused-ring (bicyclic) bond motifs is 2. The van der Waals surface area contributed by atoms with Crippen LogP contribution in [-0.4, -0.2) is 17.9 Å². The highest BCUT2D eigenvalue weighted by Gasteiger charge is 2.48. The van der Waals surface area contributed by atoms with E-state index in [1.54, 1.807) is 0 Å². The second kappa shape index (κ2) is 6.08. The Bertz CT molecular complexity index is 568. The number of anilines is 1. The third-order valence-electron chi connectivity index (χ3n) is 5.02. The third kappa shape index (κ3) is 2.99. The Kier molecular flexibility index (Phi) is 4.16. The number of hydrogen-bond acceptors (Lipinski definition) is 3. The van der Waals surface area contributed by atoms with E-state index in [1.165, 1.54) is 13.3 Å². The maximum atomic E-state index is 12.4. The lowest BCUT2D eigenvalue weighted by Crippen LogP contribution is -2.45. The van der Waals surface area contributed by atoms with Crippen molar-refractivity contribution in [2.75, 3.05) is 5.32 Å². The summed E-state index contributed by atoms with van der Waals surface area (Å²) in [4.78, 5) is 23.4. The molecule has 0 aliphatic heterocycles. The highest BCUT2D eigenvalue weighted by Crippen LogP contribution is 2.47. The monoisotopic (exact) mass is 301 g/mol. The van der Waals surface area contributed by atoms with Gasteiger partial charge in [0.25, 0.3) is 0 Å². The van der Waals surface area contributed by atoms with E-state index >= 15 is 0 Å². The van der Waals surface area contributed by atoms with Crippen LogP contribution in [0.25, 0.3) is 0 Å². The van der Waals surface area contributed by atoms with Crippen LogP contribution in [0.1, 0.15) is 31.7 Å². The third-order valence-corrected chi connectivity index (χ3v) is 5.02. The van der Waals surface area contributed by atoms with E-state index in [9.17, 15) is 9.59 Å². The van der Waals surface area contributed by atoms with E-state index in [0.717, 1.165) is 24.1 Å². The molecule has 4 N–H and O–H groups in total. The molecule has 0 heterocycles. The van der Waals surface area contributed by atoms with Gasteiger partial charge in [-0.05, 0) is 48.8 Å². The SMILES string of the molecule is CC(=O)Nc1ccc(CNC(=O)C2C3CCC(C3)C2N)cc1. The molecule has 2 fully saturated rings. The predicted octanol–water partition coefficient (Wildman–Crippen LogP) is 1.63. The Morgan fingerprint density at radius 2 is 1.86 bits per heavy atom. The predicted molar refractivity (Wildman–Crippen MR) is 84.9 cm³/mol. The highest BCUT2D eigenvalue weighted by atomic mass is 16.2. The van der Waals surface area contributed by atoms with Crippen LogP contribution < -0.4 is 16.4 Å². The number of amides is 2. The van der Waals surface area contributed by atoms with Crippen LogP contribution in [0.3, 0.4) is 0 Å². The molecule has 2 aliphatic rings. The molecule has 5 heteroatoms. The molecule has 0 aromatic heterocycles. The largest absolute Gasteiger partial charge is 0.352 e. The van der Waals surface area contributed by atoms with Gasteiger partial charge in [-0.15, -0.1) is 0 Å². The van der Waals surface area contributed by atoms with Crippen molar-refractivity contribution in [1.29, 1.82) is 0 Å². The summed E-state index contributed by atoms with van der Waals surface area (Å²) in [6, 6.07) is 7.53. The van der Waals surface area contributed by atoms with Crippen LogP contribution in [0.15, 0.2) is 24.3 Å². The average Bonchev–Trinajstić information content (AvgIpc) is 3.06. The van der Waals surface area contributed by atoms with E-state index in [4.69, 9.17) is 5.73 Å². The van der Waals surface area contributed by atoms with Crippen LogP contribution in [0, 0.1) is 17.8 Å². The Balaban J connectivity index is 1.54. The summed E-state index contributed by atoms with van der Waals surface area (Å²) in [6.07, 6.45) is 3.44. The molecule has 118 valence electrons. The van der Waals surface area contributed by atoms with Crippen LogP contribution in [0.5, 0.6) is 0 Å². The smallest absolute Gasteiger partial charge is 0.225 e. The van der Waals surface area contributed by atoms with Crippen molar-refractivity contribution in [3.8, 4) is 0 Å². The number of hydrogen-bond donors (Lipinski definition) is 3. The zero-order valence-electron chi connectivity index (χ0n) is 12.8. The molecule has 22 heavy (non-hydrogen) atoms. The van der Waals surface area contributed by atoms with E-state index in [2.05, 4.69) is 10.6 Å².